The summed E-state index contributed by atoms with van der Waals surface area (Å²) in [6.07, 6.45) is 1.44. The summed E-state index contributed by atoms with van der Waals surface area (Å²) in [5, 5.41) is 20.6. The van der Waals surface area contributed by atoms with Crippen LogP contribution in [0.15, 0.2) is 18.2 Å². The minimum Gasteiger partial charge on any atom is -0.481 e. The number of carboxylic acids is 1. The third-order valence-corrected chi connectivity index (χ3v) is 3.82. The number of carboxylic acid groups (broad SMARTS) is 1. The van der Waals surface area contributed by atoms with Crippen LogP contribution in [0.3, 0.4) is 0 Å². The van der Waals surface area contributed by atoms with E-state index in [0.29, 0.717) is 35.5 Å². The molecule has 1 aromatic carbocycles. The average molecular weight is 293 g/mol. The topological polar surface area (TPSA) is 90.2 Å². The Labute approximate surface area is 121 Å². The van der Waals surface area contributed by atoms with Crippen LogP contribution in [0.1, 0.15) is 24.8 Å². The Bertz CT molecular complexity index is 595. The molecule has 1 saturated carbocycles. The van der Waals surface area contributed by atoms with Crippen molar-refractivity contribution >= 4 is 29.2 Å². The molecule has 0 bridgehead atoms. The van der Waals surface area contributed by atoms with Crippen molar-refractivity contribution in [3.63, 3.8) is 0 Å². The van der Waals surface area contributed by atoms with E-state index >= 15 is 0 Å². The molecule has 2 atom stereocenters. The quantitative estimate of drug-likeness (QED) is 0.896. The number of nitrogens with one attached hydrogen (secondary N) is 1. The largest absolute Gasteiger partial charge is 0.481 e. The zero-order valence-electron chi connectivity index (χ0n) is 10.6. The van der Waals surface area contributed by atoms with E-state index in [0.717, 1.165) is 0 Å². The highest BCUT2D eigenvalue weighted by atomic mass is 35.5. The van der Waals surface area contributed by atoms with Gasteiger partial charge in [-0.15, -0.1) is 0 Å². The highest BCUT2D eigenvalue weighted by Gasteiger charge is 2.33. The molecule has 1 aliphatic rings. The van der Waals surface area contributed by atoms with E-state index in [1.807, 2.05) is 6.07 Å². The van der Waals surface area contributed by atoms with Crippen molar-refractivity contribution in [2.24, 2.45) is 11.8 Å². The van der Waals surface area contributed by atoms with Gasteiger partial charge in [0.05, 0.1) is 28.3 Å². The molecule has 0 aromatic heterocycles. The molecule has 0 aliphatic heterocycles. The van der Waals surface area contributed by atoms with Crippen molar-refractivity contribution in [3.8, 4) is 6.07 Å². The second-order valence-electron chi connectivity index (χ2n) is 4.84. The fraction of sp³-hybridized carbons (Fsp3) is 0.357. The van der Waals surface area contributed by atoms with E-state index in [1.54, 1.807) is 12.1 Å². The van der Waals surface area contributed by atoms with Gasteiger partial charge in [-0.2, -0.15) is 5.26 Å². The lowest BCUT2D eigenvalue weighted by Crippen LogP contribution is -2.21. The Kier molecular flexibility index (Phi) is 4.26. The van der Waals surface area contributed by atoms with E-state index < -0.39 is 11.9 Å². The molecule has 1 amide bonds. The fourth-order valence-electron chi connectivity index (χ4n) is 2.36. The summed E-state index contributed by atoms with van der Waals surface area (Å²) < 4.78 is 0. The Morgan fingerprint density at radius 1 is 1.35 bits per heavy atom. The lowest BCUT2D eigenvalue weighted by molar-refractivity contribution is -0.141. The Morgan fingerprint density at radius 3 is 2.60 bits per heavy atom. The van der Waals surface area contributed by atoms with E-state index in [2.05, 4.69) is 5.32 Å². The number of anilines is 1. The van der Waals surface area contributed by atoms with Gasteiger partial charge in [-0.1, -0.05) is 11.6 Å². The maximum absolute atomic E-state index is 12.1. The van der Waals surface area contributed by atoms with Crippen molar-refractivity contribution < 1.29 is 14.7 Å². The molecule has 1 aromatic rings. The summed E-state index contributed by atoms with van der Waals surface area (Å²) in [4.78, 5) is 22.9. The summed E-state index contributed by atoms with van der Waals surface area (Å²) in [6, 6.07) is 6.57. The molecule has 1 fully saturated rings. The maximum Gasteiger partial charge on any atom is 0.306 e. The number of nitriles is 1. The number of nitrogens with zero attached hydrogens (tertiary/aromatic N) is 1. The van der Waals surface area contributed by atoms with Crippen molar-refractivity contribution in [1.82, 2.24) is 0 Å². The van der Waals surface area contributed by atoms with E-state index in [-0.39, 0.29) is 11.8 Å². The van der Waals surface area contributed by atoms with Gasteiger partial charge in [0.25, 0.3) is 0 Å². The number of amides is 1. The van der Waals surface area contributed by atoms with Gasteiger partial charge in [0, 0.05) is 5.92 Å². The molecule has 2 N–H and O–H groups in total. The Morgan fingerprint density at radius 2 is 2.05 bits per heavy atom. The smallest absolute Gasteiger partial charge is 0.306 e. The van der Waals surface area contributed by atoms with Crippen LogP contribution in [-0.4, -0.2) is 17.0 Å². The van der Waals surface area contributed by atoms with Crippen LogP contribution in [0.4, 0.5) is 5.69 Å². The highest BCUT2D eigenvalue weighted by Crippen LogP contribution is 2.32. The van der Waals surface area contributed by atoms with Crippen molar-refractivity contribution in [3.05, 3.63) is 28.8 Å². The van der Waals surface area contributed by atoms with Crippen LogP contribution in [0.2, 0.25) is 5.02 Å². The van der Waals surface area contributed by atoms with Crippen LogP contribution < -0.4 is 5.32 Å². The van der Waals surface area contributed by atoms with Gasteiger partial charge in [-0.25, -0.2) is 0 Å². The molecule has 5 nitrogen and oxygen atoms in total. The van der Waals surface area contributed by atoms with Gasteiger partial charge in [0.2, 0.25) is 5.91 Å². The zero-order chi connectivity index (χ0) is 14.7. The lowest BCUT2D eigenvalue weighted by Gasteiger charge is -2.12. The predicted octanol–water partition coefficient (Wildman–Crippen LogP) is 2.65. The van der Waals surface area contributed by atoms with Crippen LogP contribution >= 0.6 is 11.6 Å². The first-order chi connectivity index (χ1) is 9.51. The third-order valence-electron chi connectivity index (χ3n) is 3.51. The number of carbonyl (C=O) groups excluding carboxylic acids is 1. The van der Waals surface area contributed by atoms with Crippen LogP contribution in [0.25, 0.3) is 0 Å². The molecule has 104 valence electrons. The molecular weight excluding hydrogens is 280 g/mol. The van der Waals surface area contributed by atoms with E-state index in [9.17, 15) is 9.59 Å². The summed E-state index contributed by atoms with van der Waals surface area (Å²) in [7, 11) is 0. The van der Waals surface area contributed by atoms with E-state index in [4.69, 9.17) is 22.0 Å². The van der Waals surface area contributed by atoms with Crippen LogP contribution in [0.5, 0.6) is 0 Å². The number of hydrogen-bond acceptors (Lipinski definition) is 3. The third kappa shape index (κ3) is 3.09. The summed E-state index contributed by atoms with van der Waals surface area (Å²) >= 11 is 5.98. The molecule has 1 aliphatic carbocycles. The summed E-state index contributed by atoms with van der Waals surface area (Å²) in [5.41, 5.74) is 0.856. The highest BCUT2D eigenvalue weighted by molar-refractivity contribution is 6.33. The standard InChI is InChI=1S/C14H13ClN2O3/c15-11-5-8(7-16)1-4-12(11)17-13(18)9-2-3-10(6-9)14(19)20/h1,4-5,9-10H,2-3,6H2,(H,17,18)(H,19,20). The van der Waals surface area contributed by atoms with Gasteiger partial charge < -0.3 is 10.4 Å². The van der Waals surface area contributed by atoms with Crippen molar-refractivity contribution in [1.29, 1.82) is 5.26 Å². The first kappa shape index (κ1) is 14.4. The monoisotopic (exact) mass is 292 g/mol. The van der Waals surface area contributed by atoms with E-state index in [1.165, 1.54) is 6.07 Å². The molecule has 6 heteroatoms. The lowest BCUT2D eigenvalue weighted by atomic mass is 10.0. The van der Waals surface area contributed by atoms with Crippen LogP contribution in [-0.2, 0) is 9.59 Å². The van der Waals surface area contributed by atoms with Gasteiger partial charge in [0.15, 0.2) is 0 Å². The first-order valence-electron chi connectivity index (χ1n) is 6.24. The predicted molar refractivity (Wildman–Crippen MR) is 73.3 cm³/mol. The number of aliphatic carboxylic acids is 1. The fourth-order valence-corrected chi connectivity index (χ4v) is 2.59. The van der Waals surface area contributed by atoms with Gasteiger partial charge in [-0.3, -0.25) is 9.59 Å². The minimum atomic E-state index is -0.850. The van der Waals surface area contributed by atoms with Crippen molar-refractivity contribution in [2.45, 2.75) is 19.3 Å². The summed E-state index contributed by atoms with van der Waals surface area (Å²) in [5.74, 6) is -1.82. The first-order valence-corrected chi connectivity index (χ1v) is 6.62. The minimum absolute atomic E-state index is 0.222. The Hall–Kier alpha value is -2.06. The number of hydrogen-bond donors (Lipinski definition) is 2. The molecular formula is C14H13ClN2O3. The molecule has 0 spiro atoms. The molecule has 20 heavy (non-hydrogen) atoms. The number of halogens is 1. The van der Waals surface area contributed by atoms with Gasteiger partial charge >= 0.3 is 5.97 Å². The molecule has 0 heterocycles. The number of rotatable bonds is 3. The zero-order valence-corrected chi connectivity index (χ0v) is 11.4. The van der Waals surface area contributed by atoms with Crippen molar-refractivity contribution in [2.75, 3.05) is 5.32 Å². The maximum atomic E-state index is 12.1. The number of benzene rings is 1. The molecule has 2 unspecified atom stereocenters. The van der Waals surface area contributed by atoms with Crippen LogP contribution in [0, 0.1) is 23.2 Å². The molecule has 0 saturated heterocycles. The average Bonchev–Trinajstić information content (AvgIpc) is 2.91. The summed E-state index contributed by atoms with van der Waals surface area (Å²) in [6.45, 7) is 0. The Balaban J connectivity index is 2.02. The van der Waals surface area contributed by atoms with Gasteiger partial charge in [-0.05, 0) is 37.5 Å². The second kappa shape index (κ2) is 5.93. The molecule has 2 rings (SSSR count). The SMILES string of the molecule is N#Cc1ccc(NC(=O)C2CCC(C(=O)O)C2)c(Cl)c1. The van der Waals surface area contributed by atoms with Gasteiger partial charge in [0.1, 0.15) is 0 Å². The molecule has 0 radical (unpaired) electrons. The second-order valence-corrected chi connectivity index (χ2v) is 5.25. The number of carbonyl (C=O) groups is 2. The normalized spacial score (nSPS) is 21.2.